The minimum atomic E-state index is -0.997. The summed E-state index contributed by atoms with van der Waals surface area (Å²) in [4.78, 5) is 11.6. The fourth-order valence-electron chi connectivity index (χ4n) is 2.19. The van der Waals surface area contributed by atoms with Gasteiger partial charge in [0.25, 0.3) is 0 Å². The van der Waals surface area contributed by atoms with E-state index >= 15 is 0 Å². The quantitative estimate of drug-likeness (QED) is 0.811. The molecule has 114 valence electrons. The third-order valence-corrected chi connectivity index (χ3v) is 4.50. The predicted octanol–water partition coefficient (Wildman–Crippen LogP) is 4.26. The van der Waals surface area contributed by atoms with E-state index in [1.807, 2.05) is 0 Å². The normalized spacial score (nSPS) is 12.0. The fourth-order valence-corrected chi connectivity index (χ4v) is 3.26. The van der Waals surface area contributed by atoms with Crippen LogP contribution in [-0.2, 0) is 6.54 Å². The molecule has 0 bridgehead atoms. The Morgan fingerprint density at radius 3 is 2.71 bits per heavy atom. The highest BCUT2D eigenvalue weighted by Gasteiger charge is 2.20. The number of carboxylic acids is 1. The van der Waals surface area contributed by atoms with Gasteiger partial charge in [0.05, 0.1) is 0 Å². The molecule has 0 saturated heterocycles. The van der Waals surface area contributed by atoms with Crippen LogP contribution in [0.3, 0.4) is 0 Å². The van der Waals surface area contributed by atoms with Gasteiger partial charge in [0.1, 0.15) is 10.7 Å². The second kappa shape index (κ2) is 6.12. The zero-order valence-corrected chi connectivity index (χ0v) is 13.3. The Hall–Kier alpha value is -1.46. The molecule has 0 saturated carbocycles. The number of halogens is 1. The van der Waals surface area contributed by atoms with Crippen molar-refractivity contribution in [1.29, 1.82) is 0 Å². The second-order valence-electron chi connectivity index (χ2n) is 6.32. The lowest BCUT2D eigenvalue weighted by Gasteiger charge is -2.18. The number of carboxylic acid groups (broad SMARTS) is 1. The van der Waals surface area contributed by atoms with Crippen molar-refractivity contribution in [2.75, 3.05) is 6.54 Å². The smallest absolute Gasteiger partial charge is 0.346 e. The molecule has 0 aliphatic heterocycles. The largest absolute Gasteiger partial charge is 0.477 e. The zero-order chi connectivity index (χ0) is 15.6. The van der Waals surface area contributed by atoms with Gasteiger partial charge < -0.3 is 10.4 Å². The number of hydrogen-bond acceptors (Lipinski definition) is 3. The molecular formula is C16H20FNO2S. The van der Waals surface area contributed by atoms with Crippen LogP contribution in [0.15, 0.2) is 18.2 Å². The molecule has 0 amide bonds. The van der Waals surface area contributed by atoms with Crippen LogP contribution in [0.25, 0.3) is 10.1 Å². The maximum absolute atomic E-state index is 14.0. The summed E-state index contributed by atoms with van der Waals surface area (Å²) >= 11 is 1.13. The topological polar surface area (TPSA) is 49.3 Å². The lowest BCUT2D eigenvalue weighted by molar-refractivity contribution is 0.0701. The van der Waals surface area contributed by atoms with Crippen LogP contribution < -0.4 is 5.32 Å². The van der Waals surface area contributed by atoms with Crippen molar-refractivity contribution < 1.29 is 14.3 Å². The molecule has 0 aliphatic carbocycles. The summed E-state index contributed by atoms with van der Waals surface area (Å²) in [6.07, 6.45) is 0.972. The van der Waals surface area contributed by atoms with E-state index in [2.05, 4.69) is 26.1 Å². The van der Waals surface area contributed by atoms with Crippen LogP contribution in [0, 0.1) is 11.2 Å². The van der Waals surface area contributed by atoms with Crippen LogP contribution in [0.5, 0.6) is 0 Å². The average molecular weight is 309 g/mol. The monoisotopic (exact) mass is 309 g/mol. The molecule has 1 heterocycles. The second-order valence-corrected chi connectivity index (χ2v) is 7.37. The molecule has 0 aliphatic rings. The van der Waals surface area contributed by atoms with Gasteiger partial charge in [-0.2, -0.15) is 0 Å². The standard InChI is InChI=1S/C16H20FNO2S/c1-16(2,3)7-8-18-9-10-13-11(17)5-4-6-12(13)21-14(10)15(19)20/h4-6,18H,7-9H2,1-3H3,(H,19,20). The summed E-state index contributed by atoms with van der Waals surface area (Å²) in [6, 6.07) is 4.74. The predicted molar refractivity (Wildman–Crippen MR) is 84.5 cm³/mol. The molecule has 2 rings (SSSR count). The summed E-state index contributed by atoms with van der Waals surface area (Å²) < 4.78 is 14.7. The van der Waals surface area contributed by atoms with Gasteiger partial charge in [-0.05, 0) is 30.5 Å². The number of benzene rings is 1. The molecule has 0 radical (unpaired) electrons. The van der Waals surface area contributed by atoms with Crippen molar-refractivity contribution in [3.63, 3.8) is 0 Å². The Labute approximate surface area is 127 Å². The van der Waals surface area contributed by atoms with Crippen LogP contribution in [0.2, 0.25) is 0 Å². The lowest BCUT2D eigenvalue weighted by Crippen LogP contribution is -2.21. The number of hydrogen-bond donors (Lipinski definition) is 2. The molecule has 1 aromatic heterocycles. The molecule has 0 atom stereocenters. The third-order valence-electron chi connectivity index (χ3n) is 3.31. The summed E-state index contributed by atoms with van der Waals surface area (Å²) in [5.41, 5.74) is 0.763. The van der Waals surface area contributed by atoms with E-state index in [1.165, 1.54) is 6.07 Å². The SMILES string of the molecule is CC(C)(C)CCNCc1c(C(=O)O)sc2cccc(F)c12. The Kier molecular flexibility index (Phi) is 4.64. The first kappa shape index (κ1) is 15.9. The first-order valence-corrected chi connectivity index (χ1v) is 7.75. The van der Waals surface area contributed by atoms with E-state index in [-0.39, 0.29) is 16.1 Å². The highest BCUT2D eigenvalue weighted by atomic mass is 32.1. The van der Waals surface area contributed by atoms with Gasteiger partial charge in [-0.3, -0.25) is 0 Å². The van der Waals surface area contributed by atoms with Crippen molar-refractivity contribution in [3.8, 4) is 0 Å². The molecule has 3 nitrogen and oxygen atoms in total. The summed E-state index contributed by atoms with van der Waals surface area (Å²) in [5, 5.41) is 13.0. The van der Waals surface area contributed by atoms with Crippen molar-refractivity contribution in [2.24, 2.45) is 5.41 Å². The Balaban J connectivity index is 2.24. The first-order chi connectivity index (χ1) is 9.79. The molecule has 0 spiro atoms. The number of carbonyl (C=O) groups is 1. The van der Waals surface area contributed by atoms with Crippen molar-refractivity contribution in [1.82, 2.24) is 5.32 Å². The maximum Gasteiger partial charge on any atom is 0.346 e. The van der Waals surface area contributed by atoms with E-state index in [1.54, 1.807) is 12.1 Å². The minimum Gasteiger partial charge on any atom is -0.477 e. The third kappa shape index (κ3) is 3.80. The zero-order valence-electron chi connectivity index (χ0n) is 12.5. The molecule has 0 unspecified atom stereocenters. The van der Waals surface area contributed by atoms with Crippen molar-refractivity contribution >= 4 is 27.4 Å². The highest BCUT2D eigenvalue weighted by molar-refractivity contribution is 7.21. The van der Waals surface area contributed by atoms with E-state index in [0.717, 1.165) is 24.3 Å². The first-order valence-electron chi connectivity index (χ1n) is 6.93. The van der Waals surface area contributed by atoms with Crippen LogP contribution in [-0.4, -0.2) is 17.6 Å². The molecule has 2 aromatic rings. The van der Waals surface area contributed by atoms with Gasteiger partial charge >= 0.3 is 5.97 Å². The van der Waals surface area contributed by atoms with Crippen LogP contribution in [0.1, 0.15) is 42.4 Å². The van der Waals surface area contributed by atoms with Crippen LogP contribution in [0.4, 0.5) is 4.39 Å². The van der Waals surface area contributed by atoms with Gasteiger partial charge in [-0.1, -0.05) is 26.8 Å². The summed E-state index contributed by atoms with van der Waals surface area (Å²) in [5.74, 6) is -1.35. The van der Waals surface area contributed by atoms with Gasteiger partial charge in [0.2, 0.25) is 0 Å². The molecule has 5 heteroatoms. The summed E-state index contributed by atoms with van der Waals surface area (Å²) in [6.45, 7) is 7.60. The molecule has 2 N–H and O–H groups in total. The fraction of sp³-hybridized carbons (Fsp3) is 0.438. The Bertz CT molecular complexity index is 658. The number of fused-ring (bicyclic) bond motifs is 1. The van der Waals surface area contributed by atoms with Gasteiger partial charge in [-0.25, -0.2) is 9.18 Å². The number of thiophene rings is 1. The van der Waals surface area contributed by atoms with Crippen LogP contribution >= 0.6 is 11.3 Å². The lowest BCUT2D eigenvalue weighted by atomic mass is 9.92. The minimum absolute atomic E-state index is 0.213. The van der Waals surface area contributed by atoms with Gasteiger partial charge in [0.15, 0.2) is 0 Å². The molecule has 0 fully saturated rings. The summed E-state index contributed by atoms with van der Waals surface area (Å²) in [7, 11) is 0. The molecular weight excluding hydrogens is 289 g/mol. The van der Waals surface area contributed by atoms with E-state index in [4.69, 9.17) is 0 Å². The molecule has 1 aromatic carbocycles. The average Bonchev–Trinajstić information content (AvgIpc) is 2.74. The van der Waals surface area contributed by atoms with Crippen molar-refractivity contribution in [2.45, 2.75) is 33.7 Å². The number of nitrogens with one attached hydrogen (secondary N) is 1. The van der Waals surface area contributed by atoms with Crippen molar-refractivity contribution in [3.05, 3.63) is 34.5 Å². The number of aromatic carboxylic acids is 1. The van der Waals surface area contributed by atoms with Gasteiger partial charge in [0, 0.05) is 22.2 Å². The van der Waals surface area contributed by atoms with Gasteiger partial charge in [-0.15, -0.1) is 11.3 Å². The van der Waals surface area contributed by atoms with E-state index < -0.39 is 5.97 Å². The highest BCUT2D eigenvalue weighted by Crippen LogP contribution is 2.33. The Morgan fingerprint density at radius 1 is 1.38 bits per heavy atom. The molecule has 21 heavy (non-hydrogen) atoms. The Morgan fingerprint density at radius 2 is 2.10 bits per heavy atom. The number of rotatable bonds is 5. The van der Waals surface area contributed by atoms with E-state index in [0.29, 0.717) is 22.2 Å². The van der Waals surface area contributed by atoms with E-state index in [9.17, 15) is 14.3 Å². The maximum atomic E-state index is 14.0.